The van der Waals surface area contributed by atoms with Crippen LogP contribution in [0.4, 0.5) is 0 Å². The molecule has 1 aliphatic rings. The zero-order valence-electron chi connectivity index (χ0n) is 20.2. The van der Waals surface area contributed by atoms with Gasteiger partial charge in [-0.25, -0.2) is 0 Å². The maximum atomic E-state index is 13.0. The Labute approximate surface area is 207 Å². The molecular weight excluding hydrogens is 436 g/mol. The van der Waals surface area contributed by atoms with Crippen LogP contribution in [0.25, 0.3) is 0 Å². The lowest BCUT2D eigenvalue weighted by Gasteiger charge is -2.19. The van der Waals surface area contributed by atoms with Crippen molar-refractivity contribution in [1.82, 2.24) is 20.9 Å². The van der Waals surface area contributed by atoms with Gasteiger partial charge in [-0.05, 0) is 62.4 Å². The number of pyridine rings is 1. The molecule has 1 aliphatic carbocycles. The highest BCUT2D eigenvalue weighted by atomic mass is 16.2. The molecule has 2 aromatic carbocycles. The Morgan fingerprint density at radius 2 is 1.69 bits per heavy atom. The molecule has 3 aromatic rings. The molecule has 1 aromatic heterocycles. The van der Waals surface area contributed by atoms with E-state index in [1.165, 1.54) is 5.56 Å². The number of benzene rings is 2. The smallest absolute Gasteiger partial charge is 0.270 e. The topological polar surface area (TPSA) is 83.1 Å². The van der Waals surface area contributed by atoms with Gasteiger partial charge in [0.2, 0.25) is 5.91 Å². The summed E-state index contributed by atoms with van der Waals surface area (Å²) in [6.07, 6.45) is 5.04. The van der Waals surface area contributed by atoms with Gasteiger partial charge in [0.1, 0.15) is 11.7 Å². The molecule has 0 bridgehead atoms. The number of nitrogens with one attached hydrogen (secondary N) is 3. The maximum Gasteiger partial charge on any atom is 0.270 e. The number of nitrogens with zero attached hydrogens (tertiary/aromatic N) is 1. The van der Waals surface area contributed by atoms with Crippen molar-refractivity contribution in [3.8, 4) is 0 Å². The monoisotopic (exact) mass is 470 g/mol. The van der Waals surface area contributed by atoms with E-state index in [0.29, 0.717) is 24.6 Å². The first-order valence-electron chi connectivity index (χ1n) is 12.4. The lowest BCUT2D eigenvalue weighted by atomic mass is 10.1. The van der Waals surface area contributed by atoms with E-state index in [1.54, 1.807) is 24.4 Å². The Morgan fingerprint density at radius 3 is 2.40 bits per heavy atom. The molecule has 35 heavy (non-hydrogen) atoms. The van der Waals surface area contributed by atoms with Crippen molar-refractivity contribution < 1.29 is 9.59 Å². The van der Waals surface area contributed by atoms with Crippen LogP contribution >= 0.6 is 0 Å². The standard InChI is InChI=1S/C29H34N4O2/c1-29(20-24(29)23-14-6-3-7-15-23)32-19-11-9-17-26(33-28(35)25-16-8-10-18-30-25)27(34)31-21-22-12-4-2-5-13-22/h2-8,10,12-16,18,24,26,32H,9,11,17,19-21H2,1H3,(H,31,34)(H,33,35). The van der Waals surface area contributed by atoms with Crippen LogP contribution in [-0.4, -0.2) is 34.9 Å². The molecule has 3 atom stereocenters. The second-order valence-electron chi connectivity index (χ2n) is 9.45. The second kappa shape index (κ2) is 11.8. The lowest BCUT2D eigenvalue weighted by Crippen LogP contribution is -2.46. The fourth-order valence-electron chi connectivity index (χ4n) is 4.49. The molecule has 0 radical (unpaired) electrons. The molecular formula is C29H34N4O2. The van der Waals surface area contributed by atoms with Gasteiger partial charge in [0.15, 0.2) is 0 Å². The molecule has 6 heteroatoms. The summed E-state index contributed by atoms with van der Waals surface area (Å²) in [5.74, 6) is 0.0436. The van der Waals surface area contributed by atoms with Gasteiger partial charge in [0, 0.05) is 24.2 Å². The van der Waals surface area contributed by atoms with Crippen molar-refractivity contribution in [2.75, 3.05) is 6.54 Å². The first-order chi connectivity index (χ1) is 17.0. The molecule has 6 nitrogen and oxygen atoms in total. The number of hydrogen-bond acceptors (Lipinski definition) is 4. The first-order valence-corrected chi connectivity index (χ1v) is 12.4. The van der Waals surface area contributed by atoms with E-state index in [9.17, 15) is 9.59 Å². The van der Waals surface area contributed by atoms with Crippen molar-refractivity contribution in [1.29, 1.82) is 0 Å². The fourth-order valence-corrected chi connectivity index (χ4v) is 4.49. The summed E-state index contributed by atoms with van der Waals surface area (Å²) in [4.78, 5) is 29.7. The molecule has 1 heterocycles. The predicted molar refractivity (Wildman–Crippen MR) is 138 cm³/mol. The lowest BCUT2D eigenvalue weighted by molar-refractivity contribution is -0.123. The van der Waals surface area contributed by atoms with E-state index in [1.807, 2.05) is 30.3 Å². The second-order valence-corrected chi connectivity index (χ2v) is 9.45. The summed E-state index contributed by atoms with van der Waals surface area (Å²) in [7, 11) is 0. The minimum atomic E-state index is -0.609. The number of hydrogen-bond donors (Lipinski definition) is 3. The van der Waals surface area contributed by atoms with E-state index in [2.05, 4.69) is 58.2 Å². The number of carbonyl (C=O) groups is 2. The third kappa shape index (κ3) is 6.99. The number of carbonyl (C=O) groups excluding carboxylic acids is 2. The molecule has 2 amide bonds. The van der Waals surface area contributed by atoms with Gasteiger partial charge in [-0.2, -0.15) is 0 Å². The first kappa shape index (κ1) is 24.6. The van der Waals surface area contributed by atoms with Crippen LogP contribution in [0.2, 0.25) is 0 Å². The highest BCUT2D eigenvalue weighted by Crippen LogP contribution is 2.50. The van der Waals surface area contributed by atoms with E-state index in [4.69, 9.17) is 0 Å². The molecule has 1 saturated carbocycles. The normalized spacial score (nSPS) is 19.5. The molecule has 182 valence electrons. The fraction of sp³-hybridized carbons (Fsp3) is 0.345. The Balaban J connectivity index is 1.26. The summed E-state index contributed by atoms with van der Waals surface area (Å²) < 4.78 is 0. The van der Waals surface area contributed by atoms with Gasteiger partial charge >= 0.3 is 0 Å². The molecule has 3 unspecified atom stereocenters. The van der Waals surface area contributed by atoms with Crippen molar-refractivity contribution in [3.05, 3.63) is 102 Å². The van der Waals surface area contributed by atoms with Crippen LogP contribution in [-0.2, 0) is 11.3 Å². The van der Waals surface area contributed by atoms with Crippen LogP contribution < -0.4 is 16.0 Å². The third-order valence-corrected chi connectivity index (χ3v) is 6.72. The minimum Gasteiger partial charge on any atom is -0.350 e. The van der Waals surface area contributed by atoms with E-state index < -0.39 is 6.04 Å². The summed E-state index contributed by atoms with van der Waals surface area (Å²) in [5, 5.41) is 9.55. The Morgan fingerprint density at radius 1 is 0.971 bits per heavy atom. The SMILES string of the molecule is CC1(NCCCCC(NC(=O)c2ccccn2)C(=O)NCc2ccccc2)CC1c1ccccc1. The summed E-state index contributed by atoms with van der Waals surface area (Å²) in [6.45, 7) is 3.58. The molecule has 0 saturated heterocycles. The molecule has 3 N–H and O–H groups in total. The van der Waals surface area contributed by atoms with Gasteiger partial charge in [-0.15, -0.1) is 0 Å². The zero-order valence-corrected chi connectivity index (χ0v) is 20.2. The number of aromatic nitrogens is 1. The Hall–Kier alpha value is -3.51. The minimum absolute atomic E-state index is 0.140. The summed E-state index contributed by atoms with van der Waals surface area (Å²) in [5.41, 5.74) is 2.85. The zero-order chi connectivity index (χ0) is 24.5. The van der Waals surface area contributed by atoms with Gasteiger partial charge in [0.05, 0.1) is 0 Å². The highest BCUT2D eigenvalue weighted by Gasteiger charge is 2.50. The highest BCUT2D eigenvalue weighted by molar-refractivity contribution is 5.96. The van der Waals surface area contributed by atoms with Crippen molar-refractivity contribution in [3.63, 3.8) is 0 Å². The average molecular weight is 471 g/mol. The van der Waals surface area contributed by atoms with Gasteiger partial charge in [0.25, 0.3) is 5.91 Å². The van der Waals surface area contributed by atoms with E-state index in [-0.39, 0.29) is 17.4 Å². The molecule has 0 aliphatic heterocycles. The van der Waals surface area contributed by atoms with Crippen LogP contribution in [0.3, 0.4) is 0 Å². The quantitative estimate of drug-likeness (QED) is 0.347. The van der Waals surface area contributed by atoms with Crippen LogP contribution in [0.15, 0.2) is 85.1 Å². The van der Waals surface area contributed by atoms with Crippen molar-refractivity contribution >= 4 is 11.8 Å². The third-order valence-electron chi connectivity index (χ3n) is 6.72. The van der Waals surface area contributed by atoms with Crippen LogP contribution in [0.5, 0.6) is 0 Å². The Bertz CT molecular complexity index is 1090. The van der Waals surface area contributed by atoms with E-state index in [0.717, 1.165) is 31.4 Å². The van der Waals surface area contributed by atoms with Gasteiger partial charge in [-0.3, -0.25) is 14.6 Å². The molecule has 0 spiro atoms. The number of amides is 2. The number of unbranched alkanes of at least 4 members (excludes halogenated alkanes) is 1. The van der Waals surface area contributed by atoms with Gasteiger partial charge in [-0.1, -0.05) is 66.7 Å². The van der Waals surface area contributed by atoms with E-state index >= 15 is 0 Å². The predicted octanol–water partition coefficient (Wildman–Crippen LogP) is 4.20. The van der Waals surface area contributed by atoms with Gasteiger partial charge < -0.3 is 16.0 Å². The summed E-state index contributed by atoms with van der Waals surface area (Å²) in [6, 6.07) is 25.0. The maximum absolute atomic E-state index is 13.0. The van der Waals surface area contributed by atoms with Crippen molar-refractivity contribution in [2.45, 2.75) is 56.7 Å². The van der Waals surface area contributed by atoms with Crippen molar-refractivity contribution in [2.24, 2.45) is 0 Å². The van der Waals surface area contributed by atoms with Crippen LogP contribution in [0.1, 0.15) is 60.1 Å². The Kier molecular flexibility index (Phi) is 8.27. The van der Waals surface area contributed by atoms with Crippen LogP contribution in [0, 0.1) is 0 Å². The molecule has 4 rings (SSSR count). The largest absolute Gasteiger partial charge is 0.350 e. The number of rotatable bonds is 12. The average Bonchev–Trinajstić information content (AvgIpc) is 3.59. The molecule has 1 fully saturated rings. The summed E-state index contributed by atoms with van der Waals surface area (Å²) >= 11 is 0.